The molecule has 2 amide bonds. The lowest BCUT2D eigenvalue weighted by Crippen LogP contribution is -2.37. The number of likely N-dealkylation sites (N-methyl/N-ethyl adjacent to an activating group) is 1. The number of carbonyl (C=O) groups excluding carboxylic acids is 2. The lowest BCUT2D eigenvalue weighted by Gasteiger charge is -2.21. The third-order valence-corrected chi connectivity index (χ3v) is 5.80. The molecule has 0 fully saturated rings. The third kappa shape index (κ3) is 5.27. The molecule has 0 bridgehead atoms. The van der Waals surface area contributed by atoms with E-state index in [1.165, 1.54) is 4.90 Å². The van der Waals surface area contributed by atoms with E-state index < -0.39 is 0 Å². The first-order valence-electron chi connectivity index (χ1n) is 11.8. The van der Waals surface area contributed by atoms with Gasteiger partial charge >= 0.3 is 0 Å². The predicted molar refractivity (Wildman–Crippen MR) is 135 cm³/mol. The summed E-state index contributed by atoms with van der Waals surface area (Å²) in [4.78, 5) is 27.0. The van der Waals surface area contributed by atoms with Gasteiger partial charge < -0.3 is 28.8 Å². The first kappa shape index (κ1) is 23.3. The minimum atomic E-state index is -0.369. The van der Waals surface area contributed by atoms with Crippen molar-refractivity contribution in [3.05, 3.63) is 84.3 Å². The molecule has 1 aliphatic rings. The lowest BCUT2D eigenvalue weighted by atomic mass is 10.1. The molecule has 0 unspecified atom stereocenters. The molecule has 3 aromatic carbocycles. The average molecular weight is 487 g/mol. The van der Waals surface area contributed by atoms with Crippen molar-refractivity contribution in [2.45, 2.75) is 13.5 Å². The summed E-state index contributed by atoms with van der Waals surface area (Å²) >= 11 is 0. The Labute approximate surface area is 208 Å². The average Bonchev–Trinajstić information content (AvgIpc) is 3.39. The van der Waals surface area contributed by atoms with E-state index in [1.807, 2.05) is 49.4 Å². The quantitative estimate of drug-likeness (QED) is 0.382. The van der Waals surface area contributed by atoms with Crippen molar-refractivity contribution in [2.75, 3.05) is 31.6 Å². The van der Waals surface area contributed by atoms with Gasteiger partial charge in [-0.25, -0.2) is 0 Å². The molecule has 0 saturated carbocycles. The Hall–Kier alpha value is -4.46. The van der Waals surface area contributed by atoms with E-state index in [0.717, 1.165) is 10.8 Å². The molecule has 0 atom stereocenters. The van der Waals surface area contributed by atoms with Crippen LogP contribution >= 0.6 is 0 Å². The summed E-state index contributed by atoms with van der Waals surface area (Å²) in [6.07, 6.45) is 0. The number of hydrogen-bond acceptors (Lipinski definition) is 6. The van der Waals surface area contributed by atoms with Crippen LogP contribution in [0, 0.1) is 0 Å². The van der Waals surface area contributed by atoms with Crippen LogP contribution in [0.4, 0.5) is 5.69 Å². The van der Waals surface area contributed by atoms with Gasteiger partial charge in [0.1, 0.15) is 37.9 Å². The number of amides is 2. The predicted octanol–water partition coefficient (Wildman–Crippen LogP) is 4.88. The molecule has 36 heavy (non-hydrogen) atoms. The van der Waals surface area contributed by atoms with E-state index >= 15 is 0 Å². The van der Waals surface area contributed by atoms with Gasteiger partial charge in [-0.15, -0.1) is 0 Å². The van der Waals surface area contributed by atoms with Crippen molar-refractivity contribution in [3.63, 3.8) is 0 Å². The molecule has 0 spiro atoms. The van der Waals surface area contributed by atoms with Gasteiger partial charge in [-0.05, 0) is 54.1 Å². The van der Waals surface area contributed by atoms with E-state index in [0.29, 0.717) is 48.5 Å². The zero-order valence-corrected chi connectivity index (χ0v) is 19.9. The molecule has 8 nitrogen and oxygen atoms in total. The third-order valence-electron chi connectivity index (χ3n) is 5.80. The molecule has 1 aliphatic heterocycles. The Morgan fingerprint density at radius 1 is 0.917 bits per heavy atom. The van der Waals surface area contributed by atoms with Gasteiger partial charge in [0.15, 0.2) is 17.3 Å². The van der Waals surface area contributed by atoms with Crippen LogP contribution in [0.15, 0.2) is 77.2 Å². The smallest absolute Gasteiger partial charge is 0.290 e. The molecule has 1 aromatic heterocycles. The van der Waals surface area contributed by atoms with Crippen molar-refractivity contribution >= 4 is 28.3 Å². The summed E-state index contributed by atoms with van der Waals surface area (Å²) in [5, 5.41) is 5.02. The number of furan rings is 1. The highest BCUT2D eigenvalue weighted by molar-refractivity contribution is 5.98. The topological polar surface area (TPSA) is 90.2 Å². The van der Waals surface area contributed by atoms with Gasteiger partial charge in [0.25, 0.3) is 5.91 Å². The molecule has 2 heterocycles. The van der Waals surface area contributed by atoms with Gasteiger partial charge in [-0.3, -0.25) is 9.59 Å². The lowest BCUT2D eigenvalue weighted by molar-refractivity contribution is -0.116. The highest BCUT2D eigenvalue weighted by Crippen LogP contribution is 2.32. The van der Waals surface area contributed by atoms with Crippen molar-refractivity contribution < 1.29 is 28.2 Å². The standard InChI is InChI=1S/C28H26N2O6/c1-2-30(17-27(31)29-21-8-11-24-26(16-21)34-14-13-33-24)28(32)25-12-10-23(36-25)18-35-22-9-7-19-5-3-4-6-20(19)15-22/h3-12,15-16H,2,13-14,17-18H2,1H3,(H,29,31). The van der Waals surface area contributed by atoms with Crippen LogP contribution in [-0.4, -0.2) is 43.0 Å². The number of benzene rings is 3. The normalized spacial score (nSPS) is 12.2. The molecule has 0 saturated heterocycles. The van der Waals surface area contributed by atoms with Gasteiger partial charge in [0.05, 0.1) is 0 Å². The van der Waals surface area contributed by atoms with E-state index in [-0.39, 0.29) is 30.7 Å². The van der Waals surface area contributed by atoms with Crippen LogP contribution in [0.3, 0.4) is 0 Å². The maximum absolute atomic E-state index is 13.0. The Bertz CT molecular complexity index is 1400. The number of nitrogens with one attached hydrogen (secondary N) is 1. The van der Waals surface area contributed by atoms with Crippen LogP contribution in [0.5, 0.6) is 17.2 Å². The van der Waals surface area contributed by atoms with E-state index in [2.05, 4.69) is 5.32 Å². The second-order valence-corrected chi connectivity index (χ2v) is 8.29. The van der Waals surface area contributed by atoms with E-state index in [1.54, 1.807) is 30.3 Å². The SMILES string of the molecule is CCN(CC(=O)Nc1ccc2c(c1)OCCO2)C(=O)c1ccc(COc2ccc3ccccc3c2)o1. The largest absolute Gasteiger partial charge is 0.486 e. The van der Waals surface area contributed by atoms with E-state index in [4.69, 9.17) is 18.6 Å². The molecule has 0 radical (unpaired) electrons. The Balaban J connectivity index is 1.17. The number of anilines is 1. The summed E-state index contributed by atoms with van der Waals surface area (Å²) in [6.45, 7) is 3.17. The molecule has 0 aliphatic carbocycles. The maximum Gasteiger partial charge on any atom is 0.290 e. The summed E-state index contributed by atoms with van der Waals surface area (Å²) in [5.74, 6) is 1.91. The fraction of sp³-hybridized carbons (Fsp3) is 0.214. The summed E-state index contributed by atoms with van der Waals surface area (Å²) in [5.41, 5.74) is 0.568. The van der Waals surface area contributed by atoms with Crippen molar-refractivity contribution in [1.29, 1.82) is 0 Å². The highest BCUT2D eigenvalue weighted by Gasteiger charge is 2.21. The van der Waals surface area contributed by atoms with Gasteiger partial charge in [0, 0.05) is 18.3 Å². The van der Waals surface area contributed by atoms with Crippen molar-refractivity contribution in [2.24, 2.45) is 0 Å². The molecule has 4 aromatic rings. The second kappa shape index (κ2) is 10.4. The first-order valence-corrected chi connectivity index (χ1v) is 11.8. The molecule has 1 N–H and O–H groups in total. The second-order valence-electron chi connectivity index (χ2n) is 8.29. The maximum atomic E-state index is 13.0. The first-order chi connectivity index (χ1) is 17.6. The van der Waals surface area contributed by atoms with Crippen LogP contribution in [-0.2, 0) is 11.4 Å². The van der Waals surface area contributed by atoms with Crippen LogP contribution in [0.1, 0.15) is 23.2 Å². The highest BCUT2D eigenvalue weighted by atomic mass is 16.6. The number of hydrogen-bond donors (Lipinski definition) is 1. The summed E-state index contributed by atoms with van der Waals surface area (Å²) in [6, 6.07) is 22.4. The number of nitrogens with zero attached hydrogens (tertiary/aromatic N) is 1. The minimum Gasteiger partial charge on any atom is -0.486 e. The molecule has 8 heteroatoms. The number of rotatable bonds is 8. The van der Waals surface area contributed by atoms with Crippen molar-refractivity contribution in [1.82, 2.24) is 4.90 Å². The number of fused-ring (bicyclic) bond motifs is 2. The summed E-state index contributed by atoms with van der Waals surface area (Å²) in [7, 11) is 0. The van der Waals surface area contributed by atoms with Crippen LogP contribution in [0.25, 0.3) is 10.8 Å². The number of carbonyl (C=O) groups is 2. The monoisotopic (exact) mass is 486 g/mol. The fourth-order valence-corrected chi connectivity index (χ4v) is 3.96. The Morgan fingerprint density at radius 3 is 2.56 bits per heavy atom. The zero-order chi connectivity index (χ0) is 24.9. The number of ether oxygens (including phenoxy) is 3. The van der Waals surface area contributed by atoms with Crippen LogP contribution in [0.2, 0.25) is 0 Å². The Kier molecular flexibility index (Phi) is 6.75. The fourth-order valence-electron chi connectivity index (χ4n) is 3.96. The molecule has 184 valence electrons. The molecular formula is C28H26N2O6. The van der Waals surface area contributed by atoms with Crippen LogP contribution < -0.4 is 19.5 Å². The van der Waals surface area contributed by atoms with Gasteiger partial charge in [-0.1, -0.05) is 30.3 Å². The van der Waals surface area contributed by atoms with E-state index in [9.17, 15) is 9.59 Å². The molecular weight excluding hydrogens is 460 g/mol. The molecule has 5 rings (SSSR count). The summed E-state index contributed by atoms with van der Waals surface area (Å²) < 4.78 is 22.6. The Morgan fingerprint density at radius 2 is 1.72 bits per heavy atom. The van der Waals surface area contributed by atoms with Gasteiger partial charge in [0.2, 0.25) is 5.91 Å². The van der Waals surface area contributed by atoms with Crippen molar-refractivity contribution in [3.8, 4) is 17.2 Å². The minimum absolute atomic E-state index is 0.118. The van der Waals surface area contributed by atoms with Gasteiger partial charge in [-0.2, -0.15) is 0 Å². The zero-order valence-electron chi connectivity index (χ0n) is 19.9.